The maximum Gasteiger partial charge on any atom is 0.266 e. The third kappa shape index (κ3) is 6.66. The Balaban J connectivity index is 0.803. The van der Waals surface area contributed by atoms with E-state index in [1.807, 2.05) is 43.3 Å². The Hall–Kier alpha value is -9.21. The van der Waals surface area contributed by atoms with E-state index in [-0.39, 0.29) is 78.1 Å². The van der Waals surface area contributed by atoms with Crippen molar-refractivity contribution < 1.29 is 47.9 Å². The van der Waals surface area contributed by atoms with E-state index < -0.39 is 58.8 Å². The summed E-state index contributed by atoms with van der Waals surface area (Å²) < 4.78 is 0. The van der Waals surface area contributed by atoms with Crippen molar-refractivity contribution in [3.05, 3.63) is 218 Å². The Bertz CT molecular complexity index is 3620. The Morgan fingerprint density at radius 3 is 1.07 bits per heavy atom. The lowest BCUT2D eigenvalue weighted by Crippen LogP contribution is -2.31. The number of aryl methyl sites for hydroxylation is 1. The second kappa shape index (κ2) is 15.7. The zero-order valence-electron chi connectivity index (χ0n) is 36.1. The Morgan fingerprint density at radius 2 is 0.667 bits per heavy atom. The van der Waals surface area contributed by atoms with Crippen LogP contribution in [0.15, 0.2) is 155 Å². The van der Waals surface area contributed by atoms with E-state index in [0.29, 0.717) is 5.69 Å². The third-order valence-corrected chi connectivity index (χ3v) is 13.5. The molecule has 14 nitrogen and oxygen atoms in total. The number of hydrogen-bond donors (Lipinski definition) is 0. The molecule has 7 aromatic rings. The van der Waals surface area contributed by atoms with Crippen LogP contribution >= 0.6 is 11.8 Å². The highest BCUT2D eigenvalue weighted by atomic mass is 32.2. The van der Waals surface area contributed by atoms with Gasteiger partial charge in [-0.05, 0) is 110 Å². The average molecular weight is 927 g/mol. The number of carbonyl (C=O) groups is 10. The van der Waals surface area contributed by atoms with Crippen molar-refractivity contribution in [2.75, 3.05) is 21.7 Å². The van der Waals surface area contributed by atoms with Crippen LogP contribution in [0.25, 0.3) is 0 Å². The first-order chi connectivity index (χ1) is 33.2. The highest BCUT2D eigenvalue weighted by Crippen LogP contribution is 2.37. The number of hydrogen-bond acceptors (Lipinski definition) is 11. The molecule has 0 atom stereocenters. The molecule has 0 bridgehead atoms. The number of anilines is 3. The molecule has 0 saturated carbocycles. The number of imide groups is 4. The van der Waals surface area contributed by atoms with Gasteiger partial charge < -0.3 is 0 Å². The van der Waals surface area contributed by atoms with E-state index in [0.717, 1.165) is 35.0 Å². The van der Waals surface area contributed by atoms with Crippen LogP contribution in [0.3, 0.4) is 0 Å². The summed E-state index contributed by atoms with van der Waals surface area (Å²) in [5.41, 5.74) is 2.09. The van der Waals surface area contributed by atoms with Crippen LogP contribution in [0.5, 0.6) is 0 Å². The number of nitrogens with zero attached hydrogens (tertiary/aromatic N) is 4. The molecule has 332 valence electrons. The van der Waals surface area contributed by atoms with Crippen molar-refractivity contribution in [1.82, 2.24) is 4.90 Å². The molecule has 0 fully saturated rings. The summed E-state index contributed by atoms with van der Waals surface area (Å²) in [5.74, 6) is -6.27. The van der Waals surface area contributed by atoms with Crippen LogP contribution in [-0.4, -0.2) is 70.8 Å². The molecule has 4 heterocycles. The second-order valence-corrected chi connectivity index (χ2v) is 17.8. The molecule has 0 aliphatic carbocycles. The number of amides is 8. The van der Waals surface area contributed by atoms with Gasteiger partial charge in [0.15, 0.2) is 11.6 Å². The molecule has 4 aliphatic heterocycles. The normalized spacial score (nSPS) is 14.8. The maximum atomic E-state index is 14.0. The monoisotopic (exact) mass is 926 g/mol. The lowest BCUT2D eigenvalue weighted by molar-refractivity contribution is 0.0690. The molecule has 15 heteroatoms. The minimum atomic E-state index is -0.773. The van der Waals surface area contributed by atoms with Crippen LogP contribution in [-0.2, 0) is 0 Å². The number of ketones is 2. The van der Waals surface area contributed by atoms with Gasteiger partial charge in [-0.2, -0.15) is 0 Å². The van der Waals surface area contributed by atoms with Gasteiger partial charge in [-0.1, -0.05) is 59.8 Å². The van der Waals surface area contributed by atoms with E-state index in [1.165, 1.54) is 116 Å². The molecule has 11 rings (SSSR count). The molecule has 7 aromatic carbocycles. The fourth-order valence-corrected chi connectivity index (χ4v) is 9.68. The van der Waals surface area contributed by atoms with Crippen molar-refractivity contribution in [2.24, 2.45) is 0 Å². The SMILES string of the molecule is Cc1ccc(Sc2ccc(N3C(=O)c4ccc(C(=O)c5ccc6c(c5)C(=O)N(c5cccc(N7C(=O)c8ccc(C(=O)c9ccc%10c(c9)C(=O)N(C)C%10=O)cc8C7=O)c5)C6=O)cc4C3=O)cc2)cc1. The summed E-state index contributed by atoms with van der Waals surface area (Å²) in [5, 5.41) is 0. The van der Waals surface area contributed by atoms with Crippen LogP contribution in [0.4, 0.5) is 17.1 Å². The van der Waals surface area contributed by atoms with Crippen molar-refractivity contribution >= 4 is 87.6 Å². The fourth-order valence-electron chi connectivity index (χ4n) is 8.86. The summed E-state index contributed by atoms with van der Waals surface area (Å²) in [4.78, 5) is 141. The lowest BCUT2D eigenvalue weighted by Gasteiger charge is -2.18. The molecule has 0 spiro atoms. The topological polar surface area (TPSA) is 184 Å². The van der Waals surface area contributed by atoms with Gasteiger partial charge in [0.2, 0.25) is 0 Å². The molecule has 0 unspecified atom stereocenters. The van der Waals surface area contributed by atoms with E-state index in [4.69, 9.17) is 0 Å². The molecule has 0 aromatic heterocycles. The Labute approximate surface area is 395 Å². The van der Waals surface area contributed by atoms with Gasteiger partial charge in [0.05, 0.1) is 61.6 Å². The molecule has 0 N–H and O–H groups in total. The van der Waals surface area contributed by atoms with Crippen molar-refractivity contribution in [3.63, 3.8) is 0 Å². The van der Waals surface area contributed by atoms with Gasteiger partial charge in [0, 0.05) is 39.1 Å². The Kier molecular flexibility index (Phi) is 9.66. The number of rotatable bonds is 9. The standard InChI is InChI=1S/C54H30N4O10S/c1-27-6-14-35(15-7-27)69-36-16-12-32(13-17-36)56-49(63)38-19-9-29(23-42(38)52(56)66)46(60)31-11-21-40-44(25-31)54(68)58(51(40)65)34-5-3-4-33(26-34)57-50(64)39-20-10-30(24-43(39)53(57)67)45(59)28-8-18-37-41(22-28)48(62)55(2)47(37)61/h3-26H,1-2H3. The van der Waals surface area contributed by atoms with Gasteiger partial charge in [0.1, 0.15) is 0 Å². The zero-order valence-corrected chi connectivity index (χ0v) is 37.0. The van der Waals surface area contributed by atoms with E-state index >= 15 is 0 Å². The molecule has 0 saturated heterocycles. The predicted octanol–water partition coefficient (Wildman–Crippen LogP) is 8.24. The zero-order chi connectivity index (χ0) is 48.2. The average Bonchev–Trinajstić information content (AvgIpc) is 3.96. The smallest absolute Gasteiger partial charge is 0.266 e. The molecule has 8 amide bonds. The summed E-state index contributed by atoms with van der Waals surface area (Å²) in [6, 6.07) is 37.1. The van der Waals surface area contributed by atoms with Crippen LogP contribution in [0, 0.1) is 6.92 Å². The summed E-state index contributed by atoms with van der Waals surface area (Å²) in [6.45, 7) is 2.01. The quantitative estimate of drug-likeness (QED) is 0.100. The van der Waals surface area contributed by atoms with Crippen molar-refractivity contribution in [1.29, 1.82) is 0 Å². The first-order valence-electron chi connectivity index (χ1n) is 21.3. The predicted molar refractivity (Wildman–Crippen MR) is 251 cm³/mol. The van der Waals surface area contributed by atoms with Gasteiger partial charge in [0.25, 0.3) is 47.3 Å². The molecule has 4 aliphatic rings. The molecule has 69 heavy (non-hydrogen) atoms. The highest BCUT2D eigenvalue weighted by molar-refractivity contribution is 7.99. The van der Waals surface area contributed by atoms with Crippen molar-refractivity contribution in [3.8, 4) is 0 Å². The van der Waals surface area contributed by atoms with Crippen LogP contribution < -0.4 is 14.7 Å². The number of fused-ring (bicyclic) bond motifs is 4. The molecular formula is C54H30N4O10S. The molecule has 0 radical (unpaired) electrons. The van der Waals surface area contributed by atoms with Gasteiger partial charge in [-0.15, -0.1) is 0 Å². The molecular weight excluding hydrogens is 897 g/mol. The van der Waals surface area contributed by atoms with Gasteiger partial charge in [-0.25, -0.2) is 14.7 Å². The first kappa shape index (κ1) is 42.4. The van der Waals surface area contributed by atoms with E-state index in [9.17, 15) is 47.9 Å². The summed E-state index contributed by atoms with van der Waals surface area (Å²) in [6.07, 6.45) is 0. The minimum absolute atomic E-state index is 0.000101. The first-order valence-corrected chi connectivity index (χ1v) is 22.1. The number of carbonyl (C=O) groups excluding carboxylic acids is 10. The highest BCUT2D eigenvalue weighted by Gasteiger charge is 2.42. The largest absolute Gasteiger partial charge is 0.289 e. The van der Waals surface area contributed by atoms with Gasteiger partial charge in [-0.3, -0.25) is 52.8 Å². The fraction of sp³-hybridized carbons (Fsp3) is 0.0370. The second-order valence-electron chi connectivity index (χ2n) is 16.6. The van der Waals surface area contributed by atoms with Crippen LogP contribution in [0.2, 0.25) is 0 Å². The maximum absolute atomic E-state index is 14.0. The van der Waals surface area contributed by atoms with Crippen LogP contribution in [0.1, 0.15) is 120 Å². The van der Waals surface area contributed by atoms with Crippen molar-refractivity contribution in [2.45, 2.75) is 16.7 Å². The Morgan fingerprint density at radius 1 is 0.348 bits per heavy atom. The third-order valence-electron chi connectivity index (χ3n) is 12.5. The lowest BCUT2D eigenvalue weighted by atomic mass is 9.96. The number of benzene rings is 7. The van der Waals surface area contributed by atoms with Gasteiger partial charge >= 0.3 is 0 Å². The summed E-state index contributed by atoms with van der Waals surface area (Å²) >= 11 is 1.54. The van der Waals surface area contributed by atoms with E-state index in [2.05, 4.69) is 0 Å². The minimum Gasteiger partial charge on any atom is -0.289 e. The van der Waals surface area contributed by atoms with E-state index in [1.54, 1.807) is 12.1 Å². The summed E-state index contributed by atoms with van der Waals surface area (Å²) in [7, 11) is 1.34.